The summed E-state index contributed by atoms with van der Waals surface area (Å²) in [5.41, 5.74) is 0. The second kappa shape index (κ2) is 2.97. The number of halogens is 2. The molecule has 0 saturated heterocycles. The zero-order valence-corrected chi connectivity index (χ0v) is 6.53. The fourth-order valence-corrected chi connectivity index (χ4v) is 1.68. The van der Waals surface area contributed by atoms with E-state index in [1.165, 1.54) is 0 Å². The van der Waals surface area contributed by atoms with Gasteiger partial charge in [-0.3, -0.25) is 4.79 Å². The fourth-order valence-electron chi connectivity index (χ4n) is 0.739. The normalized spacial score (nSPS) is 26.5. The molecule has 11 heavy (non-hydrogen) atoms. The van der Waals surface area contributed by atoms with Crippen molar-refractivity contribution >= 4 is 17.7 Å². The molecule has 0 aromatic rings. The number of aliphatic carboxylic acids is 1. The SMILES string of the molecule is O=C(O)CSCC1CC1(F)F. The molecule has 0 bridgehead atoms. The highest BCUT2D eigenvalue weighted by atomic mass is 32.2. The zero-order valence-electron chi connectivity index (χ0n) is 5.72. The summed E-state index contributed by atoms with van der Waals surface area (Å²) in [6.45, 7) is 0. The molecule has 1 N–H and O–H groups in total. The van der Waals surface area contributed by atoms with E-state index < -0.39 is 17.8 Å². The molecule has 5 heteroatoms. The largest absolute Gasteiger partial charge is 0.481 e. The predicted octanol–water partition coefficient (Wildman–Crippen LogP) is 1.46. The van der Waals surface area contributed by atoms with E-state index in [1.54, 1.807) is 0 Å². The maximum Gasteiger partial charge on any atom is 0.313 e. The summed E-state index contributed by atoms with van der Waals surface area (Å²) in [5.74, 6) is -3.84. The Morgan fingerprint density at radius 1 is 1.73 bits per heavy atom. The minimum Gasteiger partial charge on any atom is -0.481 e. The second-order valence-corrected chi connectivity index (χ2v) is 3.60. The van der Waals surface area contributed by atoms with Crippen molar-refractivity contribution in [3.63, 3.8) is 0 Å². The molecule has 1 saturated carbocycles. The van der Waals surface area contributed by atoms with Crippen LogP contribution in [0.2, 0.25) is 0 Å². The monoisotopic (exact) mass is 182 g/mol. The van der Waals surface area contributed by atoms with Crippen LogP contribution < -0.4 is 0 Å². The van der Waals surface area contributed by atoms with Gasteiger partial charge in [0.2, 0.25) is 0 Å². The molecule has 0 aliphatic heterocycles. The van der Waals surface area contributed by atoms with Crippen LogP contribution >= 0.6 is 11.8 Å². The molecule has 0 amide bonds. The van der Waals surface area contributed by atoms with Gasteiger partial charge in [-0.25, -0.2) is 8.78 Å². The van der Waals surface area contributed by atoms with Crippen LogP contribution in [-0.4, -0.2) is 28.5 Å². The molecule has 1 aliphatic rings. The van der Waals surface area contributed by atoms with Crippen LogP contribution in [0.15, 0.2) is 0 Å². The lowest BCUT2D eigenvalue weighted by atomic mass is 10.5. The van der Waals surface area contributed by atoms with E-state index in [0.29, 0.717) is 0 Å². The Balaban J connectivity index is 2.02. The van der Waals surface area contributed by atoms with Crippen molar-refractivity contribution in [2.75, 3.05) is 11.5 Å². The maximum absolute atomic E-state index is 12.2. The number of carboxylic acid groups (broad SMARTS) is 1. The number of carbonyl (C=O) groups is 1. The summed E-state index contributed by atoms with van der Waals surface area (Å²) >= 11 is 1.05. The summed E-state index contributed by atoms with van der Waals surface area (Å²) in [4.78, 5) is 9.95. The Morgan fingerprint density at radius 2 is 2.27 bits per heavy atom. The highest BCUT2D eigenvalue weighted by Crippen LogP contribution is 2.49. The molecule has 1 atom stereocenters. The third-order valence-electron chi connectivity index (χ3n) is 1.50. The number of hydrogen-bond donors (Lipinski definition) is 1. The van der Waals surface area contributed by atoms with Crippen LogP contribution in [0.3, 0.4) is 0 Å². The molecule has 1 fully saturated rings. The molecule has 0 spiro atoms. The van der Waals surface area contributed by atoms with Gasteiger partial charge < -0.3 is 5.11 Å². The first-order chi connectivity index (χ1) is 5.02. The highest BCUT2D eigenvalue weighted by molar-refractivity contribution is 7.99. The molecule has 0 aromatic carbocycles. The fraction of sp³-hybridized carbons (Fsp3) is 0.833. The van der Waals surface area contributed by atoms with Gasteiger partial charge in [0.05, 0.1) is 5.75 Å². The summed E-state index contributed by atoms with van der Waals surface area (Å²) < 4.78 is 24.3. The van der Waals surface area contributed by atoms with Gasteiger partial charge in [-0.05, 0) is 0 Å². The van der Waals surface area contributed by atoms with E-state index in [9.17, 15) is 13.6 Å². The quantitative estimate of drug-likeness (QED) is 0.715. The van der Waals surface area contributed by atoms with Crippen molar-refractivity contribution < 1.29 is 18.7 Å². The molecule has 1 aliphatic carbocycles. The van der Waals surface area contributed by atoms with Crippen LogP contribution in [-0.2, 0) is 4.79 Å². The van der Waals surface area contributed by atoms with Crippen molar-refractivity contribution in [2.45, 2.75) is 12.3 Å². The van der Waals surface area contributed by atoms with E-state index in [0.717, 1.165) is 11.8 Å². The van der Waals surface area contributed by atoms with Gasteiger partial charge in [0.25, 0.3) is 5.92 Å². The third-order valence-corrected chi connectivity index (χ3v) is 2.59. The molecule has 1 unspecified atom stereocenters. The Kier molecular flexibility index (Phi) is 2.37. The molecule has 64 valence electrons. The van der Waals surface area contributed by atoms with Gasteiger partial charge in [-0.1, -0.05) is 0 Å². The van der Waals surface area contributed by atoms with E-state index in [4.69, 9.17) is 5.11 Å². The van der Waals surface area contributed by atoms with E-state index in [2.05, 4.69) is 0 Å². The van der Waals surface area contributed by atoms with Crippen molar-refractivity contribution in [2.24, 2.45) is 5.92 Å². The van der Waals surface area contributed by atoms with Gasteiger partial charge in [-0.15, -0.1) is 11.8 Å². The minimum atomic E-state index is -2.51. The average molecular weight is 182 g/mol. The molecule has 0 aromatic heterocycles. The topological polar surface area (TPSA) is 37.3 Å². The molecular formula is C6H8F2O2S. The van der Waals surface area contributed by atoms with Gasteiger partial charge >= 0.3 is 5.97 Å². The number of thioether (sulfide) groups is 1. The third kappa shape index (κ3) is 2.65. The summed E-state index contributed by atoms with van der Waals surface area (Å²) in [5, 5.41) is 8.17. The number of hydrogen-bond acceptors (Lipinski definition) is 2. The number of alkyl halides is 2. The Hall–Kier alpha value is -0.320. The highest BCUT2D eigenvalue weighted by Gasteiger charge is 2.56. The molecule has 0 heterocycles. The first kappa shape index (κ1) is 8.77. The van der Waals surface area contributed by atoms with Gasteiger partial charge in [0, 0.05) is 18.1 Å². The summed E-state index contributed by atoms with van der Waals surface area (Å²) in [6.07, 6.45) is -0.0698. The van der Waals surface area contributed by atoms with E-state index in [-0.39, 0.29) is 17.9 Å². The van der Waals surface area contributed by atoms with Gasteiger partial charge in [0.1, 0.15) is 0 Å². The first-order valence-electron chi connectivity index (χ1n) is 3.20. The molecule has 0 radical (unpaired) electrons. The van der Waals surface area contributed by atoms with Crippen LogP contribution in [0, 0.1) is 5.92 Å². The number of carboxylic acids is 1. The Morgan fingerprint density at radius 3 is 2.64 bits per heavy atom. The predicted molar refractivity (Wildman–Crippen MR) is 38.0 cm³/mol. The second-order valence-electron chi connectivity index (χ2n) is 2.57. The van der Waals surface area contributed by atoms with Crippen LogP contribution in [0.1, 0.15) is 6.42 Å². The van der Waals surface area contributed by atoms with Gasteiger partial charge in [0.15, 0.2) is 0 Å². The standard InChI is InChI=1S/C6H8F2O2S/c7-6(8)1-4(6)2-11-3-5(9)10/h4H,1-3H2,(H,9,10). The van der Waals surface area contributed by atoms with Crippen molar-refractivity contribution in [1.29, 1.82) is 0 Å². The Labute approximate surface area is 67.0 Å². The van der Waals surface area contributed by atoms with E-state index >= 15 is 0 Å². The lowest BCUT2D eigenvalue weighted by molar-refractivity contribution is -0.133. The first-order valence-corrected chi connectivity index (χ1v) is 4.35. The maximum atomic E-state index is 12.2. The molecule has 2 nitrogen and oxygen atoms in total. The van der Waals surface area contributed by atoms with Crippen LogP contribution in [0.25, 0.3) is 0 Å². The summed E-state index contributed by atoms with van der Waals surface area (Å²) in [6, 6.07) is 0. The van der Waals surface area contributed by atoms with Crippen LogP contribution in [0.5, 0.6) is 0 Å². The lowest BCUT2D eigenvalue weighted by Crippen LogP contribution is -2.02. The lowest BCUT2D eigenvalue weighted by Gasteiger charge is -1.95. The van der Waals surface area contributed by atoms with Crippen molar-refractivity contribution in [3.05, 3.63) is 0 Å². The molecular weight excluding hydrogens is 174 g/mol. The Bertz CT molecular complexity index is 172. The van der Waals surface area contributed by atoms with E-state index in [1.807, 2.05) is 0 Å². The minimum absolute atomic E-state index is 0.0698. The van der Waals surface area contributed by atoms with Crippen molar-refractivity contribution in [3.8, 4) is 0 Å². The smallest absolute Gasteiger partial charge is 0.313 e. The van der Waals surface area contributed by atoms with Crippen molar-refractivity contribution in [1.82, 2.24) is 0 Å². The number of rotatable bonds is 4. The molecule has 1 rings (SSSR count). The summed E-state index contributed by atoms with van der Waals surface area (Å²) in [7, 11) is 0. The average Bonchev–Trinajstić information content (AvgIpc) is 2.39. The van der Waals surface area contributed by atoms with Crippen LogP contribution in [0.4, 0.5) is 8.78 Å². The van der Waals surface area contributed by atoms with Gasteiger partial charge in [-0.2, -0.15) is 0 Å². The zero-order chi connectivity index (χ0) is 8.48.